The van der Waals surface area contributed by atoms with Gasteiger partial charge in [0.1, 0.15) is 5.54 Å². The fourth-order valence-electron chi connectivity index (χ4n) is 5.54. The number of amides is 2. The molecule has 2 amide bonds. The Morgan fingerprint density at radius 3 is 2.16 bits per heavy atom. The minimum Gasteiger partial charge on any atom is -0.352 e. The highest BCUT2D eigenvalue weighted by Crippen LogP contribution is 2.59. The van der Waals surface area contributed by atoms with Gasteiger partial charge in [0.05, 0.1) is 6.07 Å². The number of carbonyl (C=O) groups excluding carboxylic acids is 1. The fourth-order valence-corrected chi connectivity index (χ4v) is 5.54. The quantitative estimate of drug-likeness (QED) is 0.818. The van der Waals surface area contributed by atoms with Crippen LogP contribution < -0.4 is 11.1 Å². The standard InChI is InChI=1S/C15H23N3O/c1-2-15(8-16,18-14(17)19)13-11-4-9-3-10(6-11)7-12(13)5-9/h9-13H,2-7H2,1H3,(H3,17,18,19). The maximum Gasteiger partial charge on any atom is 0.313 e. The van der Waals surface area contributed by atoms with Crippen LogP contribution in [0.1, 0.15) is 45.4 Å². The van der Waals surface area contributed by atoms with E-state index in [1.54, 1.807) is 0 Å². The maximum atomic E-state index is 11.3. The second-order valence-corrected chi connectivity index (χ2v) is 6.88. The summed E-state index contributed by atoms with van der Waals surface area (Å²) in [4.78, 5) is 11.3. The van der Waals surface area contributed by atoms with Crippen molar-refractivity contribution in [2.45, 2.75) is 51.0 Å². The molecule has 0 aromatic carbocycles. The van der Waals surface area contributed by atoms with Gasteiger partial charge in [-0.3, -0.25) is 0 Å². The summed E-state index contributed by atoms with van der Waals surface area (Å²) < 4.78 is 0. The lowest BCUT2D eigenvalue weighted by atomic mass is 9.48. The lowest BCUT2D eigenvalue weighted by Crippen LogP contribution is -2.62. The molecule has 1 unspecified atom stereocenters. The van der Waals surface area contributed by atoms with Crippen molar-refractivity contribution in [1.29, 1.82) is 5.26 Å². The van der Waals surface area contributed by atoms with Crippen molar-refractivity contribution >= 4 is 6.03 Å². The third kappa shape index (κ3) is 1.91. The van der Waals surface area contributed by atoms with Gasteiger partial charge >= 0.3 is 6.03 Å². The van der Waals surface area contributed by atoms with E-state index in [2.05, 4.69) is 11.4 Å². The zero-order valence-electron chi connectivity index (χ0n) is 11.6. The van der Waals surface area contributed by atoms with Crippen molar-refractivity contribution in [2.75, 3.05) is 0 Å². The number of nitrogens with one attached hydrogen (secondary N) is 1. The third-order valence-electron chi connectivity index (χ3n) is 5.90. The van der Waals surface area contributed by atoms with Crippen molar-refractivity contribution in [1.82, 2.24) is 5.32 Å². The lowest BCUT2D eigenvalue weighted by Gasteiger charge is -2.58. The number of hydrogen-bond acceptors (Lipinski definition) is 2. The molecule has 104 valence electrons. The van der Waals surface area contributed by atoms with Crippen molar-refractivity contribution in [3.8, 4) is 6.07 Å². The molecule has 4 heteroatoms. The zero-order chi connectivity index (χ0) is 13.6. The van der Waals surface area contributed by atoms with Crippen molar-refractivity contribution in [3.05, 3.63) is 0 Å². The summed E-state index contributed by atoms with van der Waals surface area (Å²) in [6.07, 6.45) is 7.06. The molecule has 4 rings (SSSR count). The van der Waals surface area contributed by atoms with E-state index in [0.717, 1.165) is 11.8 Å². The number of hydrogen-bond donors (Lipinski definition) is 2. The SMILES string of the molecule is CCC(C#N)(NC(N)=O)C1C2CC3CC(C2)CC1C3. The van der Waals surface area contributed by atoms with Crippen LogP contribution in [0.15, 0.2) is 0 Å². The lowest BCUT2D eigenvalue weighted by molar-refractivity contribution is -0.0641. The summed E-state index contributed by atoms with van der Waals surface area (Å²) >= 11 is 0. The molecule has 0 aliphatic heterocycles. The van der Waals surface area contributed by atoms with Crippen molar-refractivity contribution in [3.63, 3.8) is 0 Å². The molecule has 0 saturated heterocycles. The highest BCUT2D eigenvalue weighted by Gasteiger charge is 2.55. The average Bonchev–Trinajstić information content (AvgIpc) is 2.35. The van der Waals surface area contributed by atoms with Gasteiger partial charge < -0.3 is 11.1 Å². The smallest absolute Gasteiger partial charge is 0.313 e. The summed E-state index contributed by atoms with van der Waals surface area (Å²) in [5.41, 5.74) is 4.58. The first-order valence-electron chi connectivity index (χ1n) is 7.56. The summed E-state index contributed by atoms with van der Waals surface area (Å²) in [6.45, 7) is 1.99. The van der Waals surface area contributed by atoms with Gasteiger partial charge in [0.2, 0.25) is 0 Å². The number of rotatable bonds is 3. The van der Waals surface area contributed by atoms with Gasteiger partial charge in [0.15, 0.2) is 0 Å². The first-order valence-corrected chi connectivity index (χ1v) is 7.56. The van der Waals surface area contributed by atoms with Gasteiger partial charge in [-0.15, -0.1) is 0 Å². The van der Waals surface area contributed by atoms with Gasteiger partial charge in [-0.2, -0.15) is 5.26 Å². The number of urea groups is 1. The molecule has 1 atom stereocenters. The molecular formula is C15H23N3O. The predicted molar refractivity (Wildman–Crippen MR) is 71.9 cm³/mol. The normalized spacial score (nSPS) is 42.4. The summed E-state index contributed by atoms with van der Waals surface area (Å²) in [7, 11) is 0. The molecule has 0 aromatic rings. The second-order valence-electron chi connectivity index (χ2n) is 6.88. The Kier molecular flexibility index (Phi) is 2.96. The molecule has 0 radical (unpaired) electrons. The van der Waals surface area contributed by atoms with Crippen LogP contribution in [0.3, 0.4) is 0 Å². The van der Waals surface area contributed by atoms with Crippen LogP contribution in [0.4, 0.5) is 4.79 Å². The van der Waals surface area contributed by atoms with Crippen LogP contribution in [0, 0.1) is 40.9 Å². The van der Waals surface area contributed by atoms with Crippen LogP contribution in [-0.2, 0) is 0 Å². The number of nitriles is 1. The van der Waals surface area contributed by atoms with Gasteiger partial charge in [-0.05, 0) is 62.2 Å². The average molecular weight is 261 g/mol. The van der Waals surface area contributed by atoms with Crippen LogP contribution >= 0.6 is 0 Å². The van der Waals surface area contributed by atoms with E-state index >= 15 is 0 Å². The van der Waals surface area contributed by atoms with Crippen LogP contribution in [0.2, 0.25) is 0 Å². The van der Waals surface area contributed by atoms with E-state index < -0.39 is 11.6 Å². The van der Waals surface area contributed by atoms with Crippen LogP contribution in [-0.4, -0.2) is 11.6 Å². The Bertz CT molecular complexity index is 400. The van der Waals surface area contributed by atoms with Crippen LogP contribution in [0.5, 0.6) is 0 Å². The van der Waals surface area contributed by atoms with E-state index in [1.165, 1.54) is 32.1 Å². The number of primary amides is 1. The number of carbonyl (C=O) groups is 1. The molecule has 19 heavy (non-hydrogen) atoms. The molecule has 4 nitrogen and oxygen atoms in total. The van der Waals surface area contributed by atoms with Crippen molar-refractivity contribution in [2.24, 2.45) is 35.3 Å². The first-order chi connectivity index (χ1) is 9.08. The molecule has 4 aliphatic rings. The molecule has 4 aliphatic carbocycles. The van der Waals surface area contributed by atoms with E-state index in [-0.39, 0.29) is 0 Å². The highest BCUT2D eigenvalue weighted by molar-refractivity contribution is 5.73. The topological polar surface area (TPSA) is 78.9 Å². The summed E-state index contributed by atoms with van der Waals surface area (Å²) in [5.74, 6) is 3.29. The van der Waals surface area contributed by atoms with Crippen molar-refractivity contribution < 1.29 is 4.79 Å². The predicted octanol–water partition coefficient (Wildman–Crippen LogP) is 2.40. The zero-order valence-corrected chi connectivity index (χ0v) is 11.6. The monoisotopic (exact) mass is 261 g/mol. The molecule has 4 fully saturated rings. The second kappa shape index (κ2) is 4.40. The molecule has 0 spiro atoms. The Hall–Kier alpha value is -1.24. The van der Waals surface area contributed by atoms with E-state index in [1.807, 2.05) is 6.92 Å². The molecule has 4 saturated carbocycles. The van der Waals surface area contributed by atoms with E-state index in [9.17, 15) is 10.1 Å². The van der Waals surface area contributed by atoms with Gasteiger partial charge in [-0.1, -0.05) is 6.92 Å². The summed E-state index contributed by atoms with van der Waals surface area (Å²) in [6, 6.07) is 1.85. The van der Waals surface area contributed by atoms with Gasteiger partial charge in [0.25, 0.3) is 0 Å². The highest BCUT2D eigenvalue weighted by atomic mass is 16.2. The molecule has 4 bridgehead atoms. The Morgan fingerprint density at radius 2 is 1.79 bits per heavy atom. The van der Waals surface area contributed by atoms with Gasteiger partial charge in [0, 0.05) is 5.92 Å². The largest absolute Gasteiger partial charge is 0.352 e. The molecule has 3 N–H and O–H groups in total. The Morgan fingerprint density at radius 1 is 1.26 bits per heavy atom. The fraction of sp³-hybridized carbons (Fsp3) is 0.867. The number of nitrogens with two attached hydrogens (primary N) is 1. The first kappa shape index (κ1) is 12.8. The Labute approximate surface area is 114 Å². The molecule has 0 heterocycles. The van der Waals surface area contributed by atoms with E-state index in [4.69, 9.17) is 5.73 Å². The van der Waals surface area contributed by atoms with Crippen LogP contribution in [0.25, 0.3) is 0 Å². The third-order valence-corrected chi connectivity index (χ3v) is 5.90. The minimum absolute atomic E-state index is 0.308. The molecular weight excluding hydrogens is 238 g/mol. The van der Waals surface area contributed by atoms with E-state index in [0.29, 0.717) is 24.2 Å². The van der Waals surface area contributed by atoms with Gasteiger partial charge in [-0.25, -0.2) is 4.79 Å². The maximum absolute atomic E-state index is 11.3. The Balaban J connectivity index is 1.91. The minimum atomic E-state index is -0.742. The molecule has 0 aromatic heterocycles. The number of nitrogens with zero attached hydrogens (tertiary/aromatic N) is 1. The summed E-state index contributed by atoms with van der Waals surface area (Å²) in [5, 5.41) is 12.5.